The van der Waals surface area contributed by atoms with E-state index < -0.39 is 0 Å². The molecule has 1 saturated heterocycles. The Morgan fingerprint density at radius 3 is 2.76 bits per heavy atom. The lowest BCUT2D eigenvalue weighted by molar-refractivity contribution is -0.114. The Kier molecular flexibility index (Phi) is 4.28. The summed E-state index contributed by atoms with van der Waals surface area (Å²) in [5.41, 5.74) is 2.61. The Bertz CT molecular complexity index is 1200. The van der Waals surface area contributed by atoms with Gasteiger partial charge in [-0.05, 0) is 24.3 Å². The van der Waals surface area contributed by atoms with Crippen molar-refractivity contribution in [2.75, 3.05) is 36.5 Å². The molecule has 0 aromatic carbocycles. The number of furan rings is 1. The fourth-order valence-electron chi connectivity index (χ4n) is 3.36. The van der Waals surface area contributed by atoms with Gasteiger partial charge in [-0.25, -0.2) is 19.9 Å². The van der Waals surface area contributed by atoms with E-state index in [1.54, 1.807) is 18.5 Å². The quantitative estimate of drug-likeness (QED) is 0.569. The van der Waals surface area contributed by atoms with Crippen LogP contribution in [0.3, 0.4) is 0 Å². The summed E-state index contributed by atoms with van der Waals surface area (Å²) in [4.78, 5) is 31.5. The number of carbonyl (C=O) groups is 1. The van der Waals surface area contributed by atoms with Crippen LogP contribution in [0.5, 0.6) is 0 Å². The molecule has 29 heavy (non-hydrogen) atoms. The largest absolute Gasteiger partial charge is 0.432 e. The second-order valence-corrected chi connectivity index (χ2v) is 6.72. The molecule has 146 valence electrons. The molecule has 5 rings (SSSR count). The third kappa shape index (κ3) is 3.25. The van der Waals surface area contributed by atoms with Gasteiger partial charge in [-0.15, -0.1) is 0 Å². The molecular formula is C20H18N6O3. The summed E-state index contributed by atoms with van der Waals surface area (Å²) in [6, 6.07) is 7.36. The van der Waals surface area contributed by atoms with E-state index in [0.717, 1.165) is 29.9 Å². The average molecular weight is 390 g/mol. The Labute approximate surface area is 165 Å². The molecule has 1 N–H and O–H groups in total. The number of nitrogens with zero attached hydrogens (tertiary/aromatic N) is 5. The number of hydrogen-bond acceptors (Lipinski definition) is 8. The van der Waals surface area contributed by atoms with E-state index in [-0.39, 0.29) is 5.91 Å². The van der Waals surface area contributed by atoms with Crippen LogP contribution in [-0.2, 0) is 9.53 Å². The lowest BCUT2D eigenvalue weighted by Gasteiger charge is -2.27. The zero-order chi connectivity index (χ0) is 19.8. The van der Waals surface area contributed by atoms with Crippen LogP contribution < -0.4 is 10.2 Å². The molecule has 4 aromatic rings. The normalized spacial score (nSPS) is 14.4. The number of fused-ring (bicyclic) bond motifs is 3. The van der Waals surface area contributed by atoms with Gasteiger partial charge < -0.3 is 19.4 Å². The first-order valence-corrected chi connectivity index (χ1v) is 9.31. The highest BCUT2D eigenvalue weighted by molar-refractivity contribution is 6.05. The second-order valence-electron chi connectivity index (χ2n) is 6.72. The summed E-state index contributed by atoms with van der Waals surface area (Å²) in [7, 11) is 0. The zero-order valence-corrected chi connectivity index (χ0v) is 15.8. The molecule has 0 bridgehead atoms. The van der Waals surface area contributed by atoms with E-state index in [1.807, 2.05) is 18.2 Å². The molecule has 9 heteroatoms. The number of ether oxygens (including phenoxy) is 1. The van der Waals surface area contributed by atoms with Crippen LogP contribution in [0.1, 0.15) is 6.92 Å². The molecule has 0 unspecified atom stereocenters. The molecule has 1 aliphatic rings. The highest BCUT2D eigenvalue weighted by Gasteiger charge is 2.22. The number of rotatable bonds is 3. The molecule has 0 aliphatic carbocycles. The van der Waals surface area contributed by atoms with Gasteiger partial charge in [0.2, 0.25) is 11.6 Å². The number of hydrogen-bond donors (Lipinski definition) is 1. The van der Waals surface area contributed by atoms with Crippen LogP contribution in [-0.4, -0.2) is 52.1 Å². The Hall–Kier alpha value is -3.59. The van der Waals surface area contributed by atoms with Crippen LogP contribution in [0, 0.1) is 0 Å². The summed E-state index contributed by atoms with van der Waals surface area (Å²) in [6.45, 7) is 4.14. The minimum atomic E-state index is -0.171. The lowest BCUT2D eigenvalue weighted by Crippen LogP contribution is -2.37. The van der Waals surface area contributed by atoms with Crippen molar-refractivity contribution in [3.05, 3.63) is 36.7 Å². The zero-order valence-electron chi connectivity index (χ0n) is 15.8. The molecule has 0 spiro atoms. The molecule has 1 amide bonds. The highest BCUT2D eigenvalue weighted by atomic mass is 16.5. The molecule has 4 aromatic heterocycles. The summed E-state index contributed by atoms with van der Waals surface area (Å²) in [5.74, 6) is 1.56. The van der Waals surface area contributed by atoms with E-state index >= 15 is 0 Å². The smallest absolute Gasteiger partial charge is 0.229 e. The van der Waals surface area contributed by atoms with Crippen LogP contribution in [0.15, 0.2) is 41.1 Å². The van der Waals surface area contributed by atoms with Crippen molar-refractivity contribution in [3.63, 3.8) is 0 Å². The van der Waals surface area contributed by atoms with Gasteiger partial charge in [-0.3, -0.25) is 4.79 Å². The fourth-order valence-corrected chi connectivity index (χ4v) is 3.36. The molecular weight excluding hydrogens is 372 g/mol. The van der Waals surface area contributed by atoms with Crippen molar-refractivity contribution < 1.29 is 13.9 Å². The minimum Gasteiger partial charge on any atom is -0.432 e. The number of carbonyl (C=O) groups excluding carboxylic acids is 1. The van der Waals surface area contributed by atoms with E-state index in [2.05, 4.69) is 20.2 Å². The number of aromatic nitrogens is 4. The van der Waals surface area contributed by atoms with Gasteiger partial charge in [0.15, 0.2) is 17.2 Å². The van der Waals surface area contributed by atoms with Crippen molar-refractivity contribution in [1.82, 2.24) is 19.9 Å². The number of amides is 1. The first kappa shape index (κ1) is 17.5. The molecule has 9 nitrogen and oxygen atoms in total. The maximum absolute atomic E-state index is 11.2. The standard InChI is InChI=1S/C20H18N6O3/c1-12(27)23-15-5-4-13(11-22-15)18-24-16-14-3-2-6-21-20(14)29-17(16)19(25-18)26-7-9-28-10-8-26/h2-6,11H,7-10H2,1H3,(H,22,23,27). The average Bonchev–Trinajstić information content (AvgIpc) is 3.12. The summed E-state index contributed by atoms with van der Waals surface area (Å²) in [6.07, 6.45) is 3.34. The maximum Gasteiger partial charge on any atom is 0.229 e. The van der Waals surface area contributed by atoms with Crippen LogP contribution in [0.2, 0.25) is 0 Å². The van der Waals surface area contributed by atoms with Gasteiger partial charge in [0, 0.05) is 38.0 Å². The molecule has 0 atom stereocenters. The Morgan fingerprint density at radius 2 is 2.00 bits per heavy atom. The van der Waals surface area contributed by atoms with Gasteiger partial charge in [0.05, 0.1) is 18.6 Å². The molecule has 1 aliphatic heterocycles. The van der Waals surface area contributed by atoms with Gasteiger partial charge >= 0.3 is 0 Å². The number of nitrogens with one attached hydrogen (secondary N) is 1. The summed E-state index contributed by atoms with van der Waals surface area (Å²) in [5, 5.41) is 3.50. The van der Waals surface area contributed by atoms with E-state index in [0.29, 0.717) is 41.7 Å². The van der Waals surface area contributed by atoms with Crippen molar-refractivity contribution in [2.24, 2.45) is 0 Å². The molecule has 0 radical (unpaired) electrons. The lowest BCUT2D eigenvalue weighted by atomic mass is 10.2. The van der Waals surface area contributed by atoms with E-state index in [9.17, 15) is 4.79 Å². The number of pyridine rings is 2. The highest BCUT2D eigenvalue weighted by Crippen LogP contribution is 2.34. The van der Waals surface area contributed by atoms with Crippen LogP contribution in [0.4, 0.5) is 11.6 Å². The van der Waals surface area contributed by atoms with Crippen molar-refractivity contribution >= 4 is 39.7 Å². The maximum atomic E-state index is 11.2. The fraction of sp³-hybridized carbons (Fsp3) is 0.250. The summed E-state index contributed by atoms with van der Waals surface area (Å²) >= 11 is 0. The van der Waals surface area contributed by atoms with Crippen LogP contribution >= 0.6 is 0 Å². The molecule has 0 saturated carbocycles. The molecule has 5 heterocycles. The monoisotopic (exact) mass is 390 g/mol. The third-order valence-corrected chi connectivity index (χ3v) is 4.71. The first-order chi connectivity index (χ1) is 14.2. The van der Waals surface area contributed by atoms with Crippen molar-refractivity contribution in [3.8, 4) is 11.4 Å². The number of anilines is 2. The first-order valence-electron chi connectivity index (χ1n) is 9.31. The summed E-state index contributed by atoms with van der Waals surface area (Å²) < 4.78 is 11.5. The van der Waals surface area contributed by atoms with Gasteiger partial charge in [0.25, 0.3) is 0 Å². The predicted octanol–water partition coefficient (Wildman–Crippen LogP) is 2.63. The van der Waals surface area contributed by atoms with Crippen molar-refractivity contribution in [2.45, 2.75) is 6.92 Å². The minimum absolute atomic E-state index is 0.171. The van der Waals surface area contributed by atoms with E-state index in [1.165, 1.54) is 6.92 Å². The Morgan fingerprint density at radius 1 is 1.14 bits per heavy atom. The van der Waals surface area contributed by atoms with Gasteiger partial charge in [-0.1, -0.05) is 0 Å². The SMILES string of the molecule is CC(=O)Nc1ccc(-c2nc(N3CCOCC3)c3oc4ncccc4c3n2)cn1. The van der Waals surface area contributed by atoms with Gasteiger partial charge in [-0.2, -0.15) is 0 Å². The topological polar surface area (TPSA) is 106 Å². The van der Waals surface area contributed by atoms with Gasteiger partial charge in [0.1, 0.15) is 11.3 Å². The number of morpholine rings is 1. The molecule has 1 fully saturated rings. The third-order valence-electron chi connectivity index (χ3n) is 4.71. The van der Waals surface area contributed by atoms with Crippen molar-refractivity contribution in [1.29, 1.82) is 0 Å². The van der Waals surface area contributed by atoms with Crippen LogP contribution in [0.25, 0.3) is 33.6 Å². The Balaban J connectivity index is 1.67. The second kappa shape index (κ2) is 7.10. The predicted molar refractivity (Wildman–Crippen MR) is 108 cm³/mol. The van der Waals surface area contributed by atoms with E-state index in [4.69, 9.17) is 19.1 Å².